The number of esters is 1. The first kappa shape index (κ1) is 30.3. The summed E-state index contributed by atoms with van der Waals surface area (Å²) in [5, 5.41) is 4.59. The van der Waals surface area contributed by atoms with Crippen molar-refractivity contribution in [3.05, 3.63) is 98.5 Å². The van der Waals surface area contributed by atoms with Crippen molar-refractivity contribution in [2.75, 3.05) is 26.3 Å². The van der Waals surface area contributed by atoms with E-state index in [1.165, 1.54) is 6.07 Å². The highest BCUT2D eigenvalue weighted by Crippen LogP contribution is 2.34. The van der Waals surface area contributed by atoms with Gasteiger partial charge in [0.15, 0.2) is 0 Å². The molecule has 1 aliphatic heterocycles. The Labute approximate surface area is 243 Å². The highest BCUT2D eigenvalue weighted by atomic mass is 35.5. The molecule has 41 heavy (non-hydrogen) atoms. The van der Waals surface area contributed by atoms with Crippen LogP contribution in [0.15, 0.2) is 69.9 Å². The van der Waals surface area contributed by atoms with Gasteiger partial charge >= 0.3 is 17.9 Å². The molecule has 0 saturated carbocycles. The Morgan fingerprint density at radius 1 is 1.07 bits per heavy atom. The van der Waals surface area contributed by atoms with Gasteiger partial charge in [-0.15, -0.1) is 17.5 Å². The SMILES string of the molecule is Cc1cc(C(=O)Oc2ccccc2)c(-n2nc(-c3ccc(C(F)(F)F)cc3)oc2=O)c(CN2CCOCC2)c1Cl.Cl. The van der Waals surface area contributed by atoms with Crippen molar-refractivity contribution < 1.29 is 31.9 Å². The van der Waals surface area contributed by atoms with Crippen molar-refractivity contribution in [2.24, 2.45) is 0 Å². The van der Waals surface area contributed by atoms with Gasteiger partial charge in [0.1, 0.15) is 5.75 Å². The number of halogens is 5. The van der Waals surface area contributed by atoms with Crippen molar-refractivity contribution in [3.63, 3.8) is 0 Å². The van der Waals surface area contributed by atoms with Gasteiger partial charge in [0.05, 0.1) is 35.1 Å². The summed E-state index contributed by atoms with van der Waals surface area (Å²) >= 11 is 6.75. The van der Waals surface area contributed by atoms with Gasteiger partial charge in [-0.2, -0.15) is 17.9 Å². The van der Waals surface area contributed by atoms with Crippen LogP contribution in [0.1, 0.15) is 27.0 Å². The predicted molar refractivity (Wildman–Crippen MR) is 147 cm³/mol. The van der Waals surface area contributed by atoms with Crippen molar-refractivity contribution in [2.45, 2.75) is 19.6 Å². The summed E-state index contributed by atoms with van der Waals surface area (Å²) in [6, 6.07) is 13.9. The standard InChI is InChI=1S/C28H23ClF3N3O5.ClH/c1-17-15-21(26(36)39-20-5-3-2-4-6-20)24(22(23(17)29)16-34-11-13-38-14-12-34)35-27(37)40-25(33-35)18-7-9-19(10-8-18)28(30,31)32;/h2-10,15H,11-14,16H2,1H3;1H. The van der Waals surface area contributed by atoms with Crippen LogP contribution in [0.2, 0.25) is 5.02 Å². The van der Waals surface area contributed by atoms with E-state index < -0.39 is 23.5 Å². The smallest absolute Gasteiger partial charge is 0.423 e. The molecule has 5 rings (SSSR count). The van der Waals surface area contributed by atoms with E-state index in [4.69, 9.17) is 25.5 Å². The largest absolute Gasteiger partial charge is 0.442 e. The number of aromatic nitrogens is 2. The number of alkyl halides is 3. The van der Waals surface area contributed by atoms with Crippen LogP contribution in [0, 0.1) is 6.92 Å². The fourth-order valence-corrected chi connectivity index (χ4v) is 4.57. The molecule has 0 amide bonds. The van der Waals surface area contributed by atoms with Crippen LogP contribution in [0.4, 0.5) is 13.2 Å². The Hall–Kier alpha value is -3.64. The number of rotatable bonds is 6. The molecule has 0 atom stereocenters. The van der Waals surface area contributed by atoms with Gasteiger partial charge in [0.2, 0.25) is 5.89 Å². The molecule has 1 aliphatic rings. The third-order valence-corrected chi connectivity index (χ3v) is 6.92. The number of aryl methyl sites for hydroxylation is 1. The van der Waals surface area contributed by atoms with E-state index in [0.717, 1.165) is 28.9 Å². The van der Waals surface area contributed by atoms with E-state index in [-0.39, 0.29) is 41.7 Å². The first-order valence-electron chi connectivity index (χ1n) is 12.3. The fourth-order valence-electron chi connectivity index (χ4n) is 4.37. The van der Waals surface area contributed by atoms with Gasteiger partial charge in [0.25, 0.3) is 0 Å². The lowest BCUT2D eigenvalue weighted by Crippen LogP contribution is -2.36. The highest BCUT2D eigenvalue weighted by molar-refractivity contribution is 6.32. The van der Waals surface area contributed by atoms with E-state index >= 15 is 0 Å². The highest BCUT2D eigenvalue weighted by Gasteiger charge is 2.31. The monoisotopic (exact) mass is 609 g/mol. The maximum atomic E-state index is 13.5. The minimum Gasteiger partial charge on any atom is -0.423 e. The minimum absolute atomic E-state index is 0. The molecule has 3 aromatic carbocycles. The predicted octanol–water partition coefficient (Wildman–Crippen LogP) is 5.95. The number of hydrogen-bond acceptors (Lipinski definition) is 7. The zero-order chi connectivity index (χ0) is 28.4. The summed E-state index contributed by atoms with van der Waals surface area (Å²) in [5.41, 5.74) is 0.386. The van der Waals surface area contributed by atoms with E-state index in [9.17, 15) is 22.8 Å². The summed E-state index contributed by atoms with van der Waals surface area (Å²) in [4.78, 5) is 28.7. The van der Waals surface area contributed by atoms with E-state index in [1.54, 1.807) is 37.3 Å². The van der Waals surface area contributed by atoms with Gasteiger partial charge in [-0.1, -0.05) is 29.8 Å². The minimum atomic E-state index is -4.53. The van der Waals surface area contributed by atoms with Crippen molar-refractivity contribution in [3.8, 4) is 22.9 Å². The number of carbonyl (C=O) groups excluding carboxylic acids is 1. The normalized spacial score (nSPS) is 14.0. The zero-order valence-electron chi connectivity index (χ0n) is 21.6. The molecular weight excluding hydrogens is 586 g/mol. The van der Waals surface area contributed by atoms with E-state index in [2.05, 4.69) is 10.00 Å². The van der Waals surface area contributed by atoms with Gasteiger partial charge in [0, 0.05) is 30.8 Å². The second-order valence-electron chi connectivity index (χ2n) is 9.13. The molecule has 1 aromatic heterocycles. The molecule has 4 aromatic rings. The Bertz CT molecular complexity index is 1580. The Morgan fingerprint density at radius 2 is 1.73 bits per heavy atom. The molecule has 0 unspecified atom stereocenters. The molecular formula is C28H24Cl2F3N3O5. The number of hydrogen-bond donors (Lipinski definition) is 0. The first-order chi connectivity index (χ1) is 19.1. The summed E-state index contributed by atoms with van der Waals surface area (Å²) in [5.74, 6) is -1.64. The molecule has 13 heteroatoms. The number of nitrogens with zero attached hydrogens (tertiary/aromatic N) is 3. The van der Waals surface area contributed by atoms with Crippen LogP contribution in [-0.4, -0.2) is 47.0 Å². The fraction of sp³-hybridized carbons (Fsp3) is 0.250. The molecule has 0 bridgehead atoms. The van der Waals surface area contributed by atoms with Gasteiger partial charge in [-0.3, -0.25) is 4.90 Å². The quantitative estimate of drug-likeness (QED) is 0.197. The van der Waals surface area contributed by atoms with Gasteiger partial charge < -0.3 is 13.9 Å². The first-order valence-corrected chi connectivity index (χ1v) is 12.7. The molecule has 0 radical (unpaired) electrons. The number of ether oxygens (including phenoxy) is 2. The molecule has 1 fully saturated rings. The lowest BCUT2D eigenvalue weighted by Gasteiger charge is -2.28. The second kappa shape index (κ2) is 12.5. The Balaban J connectivity index is 0.00000387. The molecule has 2 heterocycles. The molecule has 216 valence electrons. The Kier molecular flexibility index (Phi) is 9.23. The summed E-state index contributed by atoms with van der Waals surface area (Å²) in [6.45, 7) is 4.19. The van der Waals surface area contributed by atoms with Crippen LogP contribution in [0.3, 0.4) is 0 Å². The van der Waals surface area contributed by atoms with Crippen LogP contribution in [-0.2, 0) is 17.5 Å². The number of carbonyl (C=O) groups is 1. The third-order valence-electron chi connectivity index (χ3n) is 6.39. The lowest BCUT2D eigenvalue weighted by molar-refractivity contribution is -0.137. The molecule has 0 N–H and O–H groups in total. The average Bonchev–Trinajstić information content (AvgIpc) is 3.32. The summed E-state index contributed by atoms with van der Waals surface area (Å²) < 4.78 is 56.4. The molecule has 1 saturated heterocycles. The topological polar surface area (TPSA) is 86.8 Å². The molecule has 8 nitrogen and oxygen atoms in total. The zero-order valence-corrected chi connectivity index (χ0v) is 23.2. The lowest BCUT2D eigenvalue weighted by atomic mass is 10.0. The number of benzene rings is 3. The second-order valence-corrected chi connectivity index (χ2v) is 9.51. The van der Waals surface area contributed by atoms with Crippen LogP contribution in [0.25, 0.3) is 17.1 Å². The van der Waals surface area contributed by atoms with E-state index in [0.29, 0.717) is 48.2 Å². The summed E-state index contributed by atoms with van der Waals surface area (Å²) in [6.07, 6.45) is -4.53. The van der Waals surface area contributed by atoms with Crippen molar-refractivity contribution in [1.82, 2.24) is 14.7 Å². The van der Waals surface area contributed by atoms with E-state index in [1.807, 2.05) is 0 Å². The van der Waals surface area contributed by atoms with Crippen LogP contribution < -0.4 is 10.5 Å². The third kappa shape index (κ3) is 6.65. The summed E-state index contributed by atoms with van der Waals surface area (Å²) in [7, 11) is 0. The maximum Gasteiger partial charge on any atom is 0.442 e. The molecule has 0 spiro atoms. The van der Waals surface area contributed by atoms with Crippen LogP contribution in [0.5, 0.6) is 5.75 Å². The van der Waals surface area contributed by atoms with Crippen molar-refractivity contribution in [1.29, 1.82) is 0 Å². The average molecular weight is 610 g/mol. The van der Waals surface area contributed by atoms with Crippen molar-refractivity contribution >= 4 is 30.0 Å². The van der Waals surface area contributed by atoms with Gasteiger partial charge in [-0.25, -0.2) is 9.59 Å². The number of morpholine rings is 1. The Morgan fingerprint density at radius 3 is 2.37 bits per heavy atom. The molecule has 0 aliphatic carbocycles. The van der Waals surface area contributed by atoms with Gasteiger partial charge in [-0.05, 0) is 55.0 Å². The van der Waals surface area contributed by atoms with Crippen LogP contribution >= 0.6 is 24.0 Å². The maximum absolute atomic E-state index is 13.5. The number of para-hydroxylation sites is 1.